The van der Waals surface area contributed by atoms with Crippen molar-refractivity contribution in [3.05, 3.63) is 85.1 Å². The fourth-order valence-corrected chi connectivity index (χ4v) is 9.37. The number of esters is 2. The number of hydrogen-bond donors (Lipinski definition) is 1. The Hall–Kier alpha value is -2.81. The van der Waals surface area contributed by atoms with Gasteiger partial charge >= 0.3 is 19.8 Å². The van der Waals surface area contributed by atoms with E-state index in [1.807, 2.05) is 33.3 Å². The van der Waals surface area contributed by atoms with Gasteiger partial charge in [-0.15, -0.1) is 0 Å². The fraction of sp³-hybridized carbons (Fsp3) is 0.758. The van der Waals surface area contributed by atoms with E-state index in [1.165, 1.54) is 180 Å². The summed E-state index contributed by atoms with van der Waals surface area (Å²) in [4.78, 5) is 35.5. The normalized spacial score (nSPS) is 13.8. The molecule has 0 amide bonds. The number of phosphoric ester groups is 1. The first-order chi connectivity index (χ1) is 37.0. The van der Waals surface area contributed by atoms with Crippen LogP contribution >= 0.6 is 7.82 Å². The fourth-order valence-electron chi connectivity index (χ4n) is 8.63. The number of carbonyl (C=O) groups is 2. The van der Waals surface area contributed by atoms with Crippen LogP contribution in [0.4, 0.5) is 0 Å². The average molecular weight is 1090 g/mol. The van der Waals surface area contributed by atoms with Crippen molar-refractivity contribution < 1.29 is 42.1 Å². The van der Waals surface area contributed by atoms with Crippen molar-refractivity contribution in [2.24, 2.45) is 0 Å². The second-order valence-corrected chi connectivity index (χ2v) is 23.5. The molecule has 2 unspecified atom stereocenters. The molecule has 0 fully saturated rings. The summed E-state index contributed by atoms with van der Waals surface area (Å²) in [7, 11) is 1.43. The van der Waals surface area contributed by atoms with Crippen LogP contribution in [-0.4, -0.2) is 74.9 Å². The van der Waals surface area contributed by atoms with Crippen LogP contribution in [0.2, 0.25) is 0 Å². The van der Waals surface area contributed by atoms with Crippen LogP contribution in [0.3, 0.4) is 0 Å². The molecule has 0 aromatic heterocycles. The minimum Gasteiger partial charge on any atom is -0.462 e. The standard InChI is InChI=1S/C66H118NO8P/c1-6-8-10-12-14-16-18-20-21-22-23-24-25-26-27-28-29-30-31-32-33-34-35-36-37-38-39-40-41-42-43-44-45-47-48-50-52-54-56-58-65(68)72-62-64(63-74-76(70,71)73-61-60-67(3,4)5)75-66(69)59-57-55-53-51-49-46-19-17-15-13-11-9-7-2/h9,11,15,17-18,20,22-23,25-26,46,49,53,55,64H,6-8,10,12-14,16,19,21,24,27-45,47-48,50-52,54,56-63H2,1-5H3/p+1/b11-9-,17-15-,20-18-,23-22-,26-25-,49-46-,55-53-. The summed E-state index contributed by atoms with van der Waals surface area (Å²) in [6.07, 6.45) is 77.3. The number of likely N-dealkylation sites (N-methyl/N-ethyl adjacent to an activating group) is 1. The minimum atomic E-state index is -4.40. The predicted octanol–water partition coefficient (Wildman–Crippen LogP) is 19.8. The van der Waals surface area contributed by atoms with E-state index in [2.05, 4.69) is 86.8 Å². The van der Waals surface area contributed by atoms with Gasteiger partial charge in [0, 0.05) is 12.8 Å². The van der Waals surface area contributed by atoms with Gasteiger partial charge < -0.3 is 18.9 Å². The summed E-state index contributed by atoms with van der Waals surface area (Å²) in [5.74, 6) is -0.888. The number of hydrogen-bond acceptors (Lipinski definition) is 7. The van der Waals surface area contributed by atoms with Gasteiger partial charge in [0.1, 0.15) is 19.8 Å². The molecule has 2 atom stereocenters. The molecule has 0 saturated carbocycles. The Balaban J connectivity index is 3.90. The lowest BCUT2D eigenvalue weighted by Gasteiger charge is -2.24. The van der Waals surface area contributed by atoms with Crippen LogP contribution in [0.5, 0.6) is 0 Å². The maximum atomic E-state index is 12.7. The molecule has 76 heavy (non-hydrogen) atoms. The molecule has 0 saturated heterocycles. The third kappa shape index (κ3) is 60.4. The van der Waals surface area contributed by atoms with Gasteiger partial charge in [-0.2, -0.15) is 0 Å². The van der Waals surface area contributed by atoms with Gasteiger partial charge in [-0.25, -0.2) is 4.57 Å². The lowest BCUT2D eigenvalue weighted by molar-refractivity contribution is -0.870. The van der Waals surface area contributed by atoms with Gasteiger partial charge in [-0.1, -0.05) is 266 Å². The number of unbranched alkanes of at least 4 members (excludes halogenated alkanes) is 29. The summed E-state index contributed by atoms with van der Waals surface area (Å²) in [6, 6.07) is 0. The van der Waals surface area contributed by atoms with Crippen molar-refractivity contribution in [2.75, 3.05) is 47.5 Å². The number of carbonyl (C=O) groups excluding carboxylic acids is 2. The summed E-state index contributed by atoms with van der Waals surface area (Å²) in [5.41, 5.74) is 0. The minimum absolute atomic E-state index is 0.0173. The molecule has 0 aliphatic heterocycles. The summed E-state index contributed by atoms with van der Waals surface area (Å²) in [5, 5.41) is 0. The summed E-state index contributed by atoms with van der Waals surface area (Å²) >= 11 is 0. The average Bonchev–Trinajstić information content (AvgIpc) is 3.38. The van der Waals surface area contributed by atoms with Crippen LogP contribution in [0.15, 0.2) is 85.1 Å². The highest BCUT2D eigenvalue weighted by Gasteiger charge is 2.27. The van der Waals surface area contributed by atoms with Gasteiger partial charge in [0.05, 0.1) is 27.7 Å². The molecule has 10 heteroatoms. The predicted molar refractivity (Wildman–Crippen MR) is 325 cm³/mol. The van der Waals surface area contributed by atoms with Crippen LogP contribution < -0.4 is 0 Å². The van der Waals surface area contributed by atoms with Gasteiger partial charge in [0.2, 0.25) is 0 Å². The Morgan fingerprint density at radius 3 is 1.17 bits per heavy atom. The van der Waals surface area contributed by atoms with Crippen molar-refractivity contribution in [3.63, 3.8) is 0 Å². The van der Waals surface area contributed by atoms with Crippen molar-refractivity contribution in [1.82, 2.24) is 0 Å². The molecule has 0 bridgehead atoms. The Bertz CT molecular complexity index is 1560. The highest BCUT2D eigenvalue weighted by Crippen LogP contribution is 2.43. The van der Waals surface area contributed by atoms with E-state index in [0.717, 1.165) is 57.8 Å². The number of rotatable bonds is 57. The maximum Gasteiger partial charge on any atom is 0.472 e. The van der Waals surface area contributed by atoms with Gasteiger partial charge in [-0.3, -0.25) is 18.6 Å². The maximum absolute atomic E-state index is 12.7. The first kappa shape index (κ1) is 73.2. The molecular weight excluding hydrogens is 966 g/mol. The first-order valence-corrected chi connectivity index (χ1v) is 32.8. The Labute approximate surface area is 469 Å². The molecule has 0 aliphatic rings. The SMILES string of the molecule is CC/C=C\C/C=C\C/C=C\C/C=C\CCC(=O)OC(COC(=O)CCCCCCCCCCCCCCCCCCCCCCCCCC/C=C\C/C=C\C/C=C\CCCCCCC)COP(=O)(O)OCC[N+](C)(C)C. The van der Waals surface area contributed by atoms with Crippen LogP contribution in [0, 0.1) is 0 Å². The smallest absolute Gasteiger partial charge is 0.462 e. The molecule has 0 aromatic carbocycles. The molecule has 0 spiro atoms. The number of ether oxygens (including phenoxy) is 2. The third-order valence-electron chi connectivity index (χ3n) is 13.4. The van der Waals surface area contributed by atoms with Crippen molar-refractivity contribution in [1.29, 1.82) is 0 Å². The number of allylic oxidation sites excluding steroid dienone is 14. The van der Waals surface area contributed by atoms with E-state index in [-0.39, 0.29) is 32.0 Å². The van der Waals surface area contributed by atoms with E-state index < -0.39 is 26.5 Å². The Kier molecular flexibility index (Phi) is 54.8. The molecule has 0 rings (SSSR count). The monoisotopic (exact) mass is 1080 g/mol. The molecule has 0 heterocycles. The van der Waals surface area contributed by atoms with Gasteiger partial charge in [0.15, 0.2) is 6.10 Å². The van der Waals surface area contributed by atoms with Crippen LogP contribution in [-0.2, 0) is 32.7 Å². The number of phosphoric acid groups is 1. The molecule has 0 radical (unpaired) electrons. The Morgan fingerprint density at radius 1 is 0.421 bits per heavy atom. The zero-order valence-corrected chi connectivity index (χ0v) is 50.9. The molecular formula is C66H119NO8P+. The van der Waals surface area contributed by atoms with E-state index in [0.29, 0.717) is 17.4 Å². The van der Waals surface area contributed by atoms with Crippen molar-refractivity contribution >= 4 is 19.8 Å². The second-order valence-electron chi connectivity index (χ2n) is 22.1. The lowest BCUT2D eigenvalue weighted by atomic mass is 10.0. The van der Waals surface area contributed by atoms with Crippen LogP contribution in [0.1, 0.15) is 271 Å². The van der Waals surface area contributed by atoms with Crippen molar-refractivity contribution in [3.8, 4) is 0 Å². The zero-order chi connectivity index (χ0) is 55.6. The van der Waals surface area contributed by atoms with E-state index >= 15 is 0 Å². The first-order valence-electron chi connectivity index (χ1n) is 31.3. The molecule has 0 aliphatic carbocycles. The van der Waals surface area contributed by atoms with Crippen LogP contribution in [0.25, 0.3) is 0 Å². The van der Waals surface area contributed by atoms with Gasteiger partial charge in [-0.05, 0) is 77.0 Å². The second kappa shape index (κ2) is 56.9. The lowest BCUT2D eigenvalue weighted by Crippen LogP contribution is -2.37. The van der Waals surface area contributed by atoms with E-state index in [9.17, 15) is 19.0 Å². The Morgan fingerprint density at radius 2 is 0.776 bits per heavy atom. The number of nitrogens with zero attached hydrogens (tertiary/aromatic N) is 1. The van der Waals surface area contributed by atoms with Gasteiger partial charge in [0.25, 0.3) is 0 Å². The quantitative estimate of drug-likeness (QED) is 0.0211. The molecule has 440 valence electrons. The third-order valence-corrected chi connectivity index (χ3v) is 14.4. The highest BCUT2D eigenvalue weighted by molar-refractivity contribution is 7.47. The van der Waals surface area contributed by atoms with E-state index in [4.69, 9.17) is 18.5 Å². The highest BCUT2D eigenvalue weighted by atomic mass is 31.2. The molecule has 0 aromatic rings. The number of quaternary nitrogens is 1. The van der Waals surface area contributed by atoms with Crippen molar-refractivity contribution in [2.45, 2.75) is 277 Å². The summed E-state index contributed by atoms with van der Waals surface area (Å²) < 4.78 is 34.4. The molecule has 9 nitrogen and oxygen atoms in total. The summed E-state index contributed by atoms with van der Waals surface area (Å²) in [6.45, 7) is 4.23. The van der Waals surface area contributed by atoms with E-state index in [1.54, 1.807) is 0 Å². The largest absolute Gasteiger partial charge is 0.472 e. The zero-order valence-electron chi connectivity index (χ0n) is 50.0. The topological polar surface area (TPSA) is 108 Å². The molecule has 1 N–H and O–H groups in total.